The monoisotopic (exact) mass is 355 g/mol. The highest BCUT2D eigenvalue weighted by atomic mass is 19.4. The van der Waals surface area contributed by atoms with Crippen molar-refractivity contribution in [2.75, 3.05) is 19.6 Å². The molecule has 0 bridgehead atoms. The fourth-order valence-corrected chi connectivity index (χ4v) is 2.25. The van der Waals surface area contributed by atoms with E-state index in [2.05, 4.69) is 10.5 Å². The van der Waals surface area contributed by atoms with E-state index in [1.807, 2.05) is 18.7 Å². The molecule has 0 saturated heterocycles. The molecule has 2 rings (SSSR count). The molecule has 0 atom stereocenters. The van der Waals surface area contributed by atoms with Crippen molar-refractivity contribution < 1.29 is 22.5 Å². The summed E-state index contributed by atoms with van der Waals surface area (Å²) in [7, 11) is 0. The number of halogens is 3. The molecule has 136 valence electrons. The van der Waals surface area contributed by atoms with Crippen LogP contribution in [0.3, 0.4) is 0 Å². The van der Waals surface area contributed by atoms with Gasteiger partial charge in [0, 0.05) is 11.6 Å². The van der Waals surface area contributed by atoms with Gasteiger partial charge in [-0.25, -0.2) is 0 Å². The fourth-order valence-electron chi connectivity index (χ4n) is 2.25. The van der Waals surface area contributed by atoms with Crippen molar-refractivity contribution in [3.63, 3.8) is 0 Å². The second-order valence-corrected chi connectivity index (χ2v) is 5.49. The average Bonchev–Trinajstić information content (AvgIpc) is 3.06. The summed E-state index contributed by atoms with van der Waals surface area (Å²) in [5.74, 6) is 0.305. The Hall–Kier alpha value is -2.35. The maximum atomic E-state index is 12.6. The van der Waals surface area contributed by atoms with Crippen molar-refractivity contribution in [2.24, 2.45) is 0 Å². The summed E-state index contributed by atoms with van der Waals surface area (Å²) in [6, 6.07) is 6.26. The molecule has 1 N–H and O–H groups in total. The molecule has 8 heteroatoms. The number of amides is 1. The van der Waals surface area contributed by atoms with Crippen molar-refractivity contribution in [3.05, 3.63) is 41.7 Å². The molecule has 0 aliphatic carbocycles. The third kappa shape index (κ3) is 5.32. The Labute approximate surface area is 143 Å². The molecule has 5 nitrogen and oxygen atoms in total. The van der Waals surface area contributed by atoms with Crippen LogP contribution >= 0.6 is 0 Å². The van der Waals surface area contributed by atoms with E-state index in [4.69, 9.17) is 4.52 Å². The van der Waals surface area contributed by atoms with Gasteiger partial charge in [0.25, 0.3) is 0 Å². The van der Waals surface area contributed by atoms with Crippen LogP contribution in [0.15, 0.2) is 34.9 Å². The van der Waals surface area contributed by atoms with E-state index >= 15 is 0 Å². The molecule has 0 fully saturated rings. The highest BCUT2D eigenvalue weighted by molar-refractivity contribution is 5.78. The van der Waals surface area contributed by atoms with E-state index in [-0.39, 0.29) is 12.5 Å². The van der Waals surface area contributed by atoms with Crippen LogP contribution in [0.25, 0.3) is 11.3 Å². The number of aromatic nitrogens is 1. The number of carbonyl (C=O) groups excluding carboxylic acids is 1. The Balaban J connectivity index is 1.95. The lowest BCUT2D eigenvalue weighted by molar-refractivity contribution is -0.137. The molecular weight excluding hydrogens is 335 g/mol. The first-order chi connectivity index (χ1) is 11.8. The number of nitrogens with one attached hydrogen (secondary N) is 1. The van der Waals surface area contributed by atoms with Gasteiger partial charge < -0.3 is 9.84 Å². The molecule has 1 heterocycles. The van der Waals surface area contributed by atoms with Crippen LogP contribution in [0.1, 0.15) is 25.2 Å². The molecule has 25 heavy (non-hydrogen) atoms. The van der Waals surface area contributed by atoms with Crippen LogP contribution < -0.4 is 5.32 Å². The Morgan fingerprint density at radius 1 is 1.20 bits per heavy atom. The maximum Gasteiger partial charge on any atom is 0.416 e. The maximum absolute atomic E-state index is 12.6. The number of hydrogen-bond donors (Lipinski definition) is 1. The number of likely N-dealkylation sites (N-methyl/N-ethyl adjacent to an activating group) is 1. The molecule has 0 radical (unpaired) electrons. The van der Waals surface area contributed by atoms with Gasteiger partial charge >= 0.3 is 6.18 Å². The first kappa shape index (κ1) is 19.0. The van der Waals surface area contributed by atoms with Gasteiger partial charge in [0.2, 0.25) is 5.91 Å². The summed E-state index contributed by atoms with van der Waals surface area (Å²) in [6.45, 7) is 5.99. The Kier molecular flexibility index (Phi) is 6.19. The van der Waals surface area contributed by atoms with Gasteiger partial charge in [0.15, 0.2) is 5.76 Å². The molecule has 1 aromatic heterocycles. The minimum atomic E-state index is -4.37. The van der Waals surface area contributed by atoms with E-state index in [0.717, 1.165) is 25.2 Å². The van der Waals surface area contributed by atoms with Crippen molar-refractivity contribution in [2.45, 2.75) is 26.6 Å². The average molecular weight is 355 g/mol. The smallest absolute Gasteiger partial charge is 0.359 e. The molecule has 2 aromatic rings. The zero-order valence-electron chi connectivity index (χ0n) is 14.1. The van der Waals surface area contributed by atoms with Crippen LogP contribution in [0.4, 0.5) is 13.2 Å². The summed E-state index contributed by atoms with van der Waals surface area (Å²) in [4.78, 5) is 13.8. The van der Waals surface area contributed by atoms with E-state index < -0.39 is 11.7 Å². The lowest BCUT2D eigenvalue weighted by Gasteiger charge is -2.16. The normalized spacial score (nSPS) is 11.8. The Morgan fingerprint density at radius 3 is 2.40 bits per heavy atom. The van der Waals surface area contributed by atoms with Gasteiger partial charge in [0.05, 0.1) is 18.7 Å². The molecule has 1 aromatic carbocycles. The van der Waals surface area contributed by atoms with E-state index in [1.54, 1.807) is 6.07 Å². The highest BCUT2D eigenvalue weighted by Gasteiger charge is 2.30. The number of carbonyl (C=O) groups is 1. The van der Waals surface area contributed by atoms with Crippen LogP contribution in [0.2, 0.25) is 0 Å². The number of benzene rings is 1. The molecule has 0 saturated carbocycles. The van der Waals surface area contributed by atoms with E-state index in [9.17, 15) is 18.0 Å². The van der Waals surface area contributed by atoms with Gasteiger partial charge in [0.1, 0.15) is 5.69 Å². The van der Waals surface area contributed by atoms with Crippen molar-refractivity contribution in [1.82, 2.24) is 15.4 Å². The molecular formula is C17H20F3N3O2. The number of alkyl halides is 3. The topological polar surface area (TPSA) is 58.4 Å². The quantitative estimate of drug-likeness (QED) is 0.828. The zero-order valence-corrected chi connectivity index (χ0v) is 14.1. The minimum absolute atomic E-state index is 0.129. The van der Waals surface area contributed by atoms with E-state index in [0.29, 0.717) is 23.6 Å². The van der Waals surface area contributed by atoms with E-state index in [1.165, 1.54) is 12.1 Å². The highest BCUT2D eigenvalue weighted by Crippen LogP contribution is 2.30. The summed E-state index contributed by atoms with van der Waals surface area (Å²) in [5.41, 5.74) is 0.211. The lowest BCUT2D eigenvalue weighted by atomic mass is 10.1. The van der Waals surface area contributed by atoms with Crippen LogP contribution in [0.5, 0.6) is 0 Å². The minimum Gasteiger partial charge on any atom is -0.359 e. The number of nitrogens with zero attached hydrogens (tertiary/aromatic N) is 2. The second-order valence-electron chi connectivity index (χ2n) is 5.49. The van der Waals surface area contributed by atoms with Crippen LogP contribution in [0, 0.1) is 0 Å². The SMILES string of the molecule is CCN(CC)CC(=O)NCc1cc(-c2ccc(C(F)(F)F)cc2)no1. The summed E-state index contributed by atoms with van der Waals surface area (Å²) >= 11 is 0. The Bertz CT molecular complexity index is 692. The molecule has 0 aliphatic rings. The fraction of sp³-hybridized carbons (Fsp3) is 0.412. The lowest BCUT2D eigenvalue weighted by Crippen LogP contribution is -2.36. The van der Waals surface area contributed by atoms with Gasteiger partial charge in [-0.3, -0.25) is 9.69 Å². The second kappa shape index (κ2) is 8.15. The number of hydrogen-bond acceptors (Lipinski definition) is 4. The molecule has 0 aliphatic heterocycles. The van der Waals surface area contributed by atoms with Gasteiger partial charge in [-0.2, -0.15) is 13.2 Å². The molecule has 0 unspecified atom stereocenters. The zero-order chi connectivity index (χ0) is 18.4. The summed E-state index contributed by atoms with van der Waals surface area (Å²) in [5, 5.41) is 6.56. The van der Waals surface area contributed by atoms with Crippen molar-refractivity contribution >= 4 is 5.91 Å². The standard InChI is InChI=1S/C17H20F3N3O2/c1-3-23(4-2)11-16(24)21-10-14-9-15(22-25-14)12-5-7-13(8-6-12)17(18,19)20/h5-9H,3-4,10-11H2,1-2H3,(H,21,24). The predicted octanol–water partition coefficient (Wildman–Crippen LogP) is 3.32. The van der Waals surface area contributed by atoms with Crippen molar-refractivity contribution in [1.29, 1.82) is 0 Å². The summed E-state index contributed by atoms with van der Waals surface area (Å²) < 4.78 is 42.8. The number of rotatable bonds is 7. The first-order valence-electron chi connectivity index (χ1n) is 7.95. The van der Waals surface area contributed by atoms with Crippen LogP contribution in [-0.2, 0) is 17.5 Å². The summed E-state index contributed by atoms with van der Waals surface area (Å²) in [6.07, 6.45) is -4.37. The van der Waals surface area contributed by atoms with Gasteiger partial charge in [-0.05, 0) is 25.2 Å². The first-order valence-corrected chi connectivity index (χ1v) is 7.95. The molecule has 0 spiro atoms. The third-order valence-electron chi connectivity index (χ3n) is 3.79. The van der Waals surface area contributed by atoms with Crippen molar-refractivity contribution in [3.8, 4) is 11.3 Å². The Morgan fingerprint density at radius 2 is 1.84 bits per heavy atom. The van der Waals surface area contributed by atoms with Gasteiger partial charge in [-0.1, -0.05) is 31.1 Å². The van der Waals surface area contributed by atoms with Crippen LogP contribution in [-0.4, -0.2) is 35.6 Å². The third-order valence-corrected chi connectivity index (χ3v) is 3.79. The largest absolute Gasteiger partial charge is 0.416 e. The predicted molar refractivity (Wildman–Crippen MR) is 86.6 cm³/mol. The molecule has 1 amide bonds. The van der Waals surface area contributed by atoms with Gasteiger partial charge in [-0.15, -0.1) is 0 Å².